The number of carbonyl (C=O) groups excluding carboxylic acids is 1. The van der Waals surface area contributed by atoms with Gasteiger partial charge in [-0.2, -0.15) is 0 Å². The molecular formula is C20H18ClFN4O2. The van der Waals surface area contributed by atoms with Crippen LogP contribution in [0.5, 0.6) is 0 Å². The van der Waals surface area contributed by atoms with E-state index in [9.17, 15) is 14.0 Å². The van der Waals surface area contributed by atoms with Crippen molar-refractivity contribution >= 4 is 34.8 Å². The topological polar surface area (TPSA) is 76.0 Å². The Hall–Kier alpha value is -3.19. The van der Waals surface area contributed by atoms with Crippen LogP contribution >= 0.6 is 11.6 Å². The molecule has 3 aromatic rings. The minimum Gasteiger partial charge on any atom is -0.325 e. The molecule has 0 bridgehead atoms. The van der Waals surface area contributed by atoms with Crippen molar-refractivity contribution in [1.82, 2.24) is 9.55 Å². The molecule has 1 amide bonds. The number of amides is 1. The van der Waals surface area contributed by atoms with E-state index in [1.807, 2.05) is 13.0 Å². The van der Waals surface area contributed by atoms with Crippen LogP contribution in [0, 0.1) is 19.7 Å². The van der Waals surface area contributed by atoms with Gasteiger partial charge in [0, 0.05) is 17.4 Å². The Morgan fingerprint density at radius 2 is 1.93 bits per heavy atom. The molecule has 0 radical (unpaired) electrons. The van der Waals surface area contributed by atoms with Gasteiger partial charge in [-0.1, -0.05) is 29.8 Å². The summed E-state index contributed by atoms with van der Waals surface area (Å²) in [7, 11) is 0. The van der Waals surface area contributed by atoms with Gasteiger partial charge >= 0.3 is 0 Å². The number of rotatable bonds is 5. The zero-order valence-electron chi connectivity index (χ0n) is 15.3. The van der Waals surface area contributed by atoms with Crippen LogP contribution in [0.2, 0.25) is 5.02 Å². The summed E-state index contributed by atoms with van der Waals surface area (Å²) in [5, 5.41) is 6.02. The van der Waals surface area contributed by atoms with E-state index in [0.717, 1.165) is 5.56 Å². The Labute approximate surface area is 166 Å². The van der Waals surface area contributed by atoms with E-state index in [0.29, 0.717) is 22.1 Å². The SMILES string of the molecule is Cc1cc(=O)n(CC(=O)Nc2c(C)cccc2Cl)c(Nc2cccc(F)c2)n1. The fraction of sp³-hybridized carbons (Fsp3) is 0.150. The molecular weight excluding hydrogens is 383 g/mol. The van der Waals surface area contributed by atoms with E-state index in [-0.39, 0.29) is 12.5 Å². The van der Waals surface area contributed by atoms with Gasteiger partial charge in [0.2, 0.25) is 11.9 Å². The van der Waals surface area contributed by atoms with Crippen LogP contribution in [0.1, 0.15) is 11.3 Å². The van der Waals surface area contributed by atoms with Crippen molar-refractivity contribution in [2.24, 2.45) is 0 Å². The Kier molecular flexibility index (Phi) is 5.75. The first-order valence-corrected chi connectivity index (χ1v) is 8.87. The highest BCUT2D eigenvalue weighted by Crippen LogP contribution is 2.25. The summed E-state index contributed by atoms with van der Waals surface area (Å²) in [5.41, 5.74) is 1.77. The zero-order valence-corrected chi connectivity index (χ0v) is 16.0. The molecule has 0 aliphatic carbocycles. The van der Waals surface area contributed by atoms with Crippen molar-refractivity contribution in [3.8, 4) is 0 Å². The molecule has 144 valence electrons. The summed E-state index contributed by atoms with van der Waals surface area (Å²) in [6.45, 7) is 3.20. The number of aromatic nitrogens is 2. The quantitative estimate of drug-likeness (QED) is 0.677. The van der Waals surface area contributed by atoms with Gasteiger partial charge in [0.25, 0.3) is 5.56 Å². The standard InChI is InChI=1S/C20H18ClFN4O2/c1-12-5-3-8-16(21)19(12)25-17(27)11-26-18(28)9-13(2)23-20(26)24-15-7-4-6-14(22)10-15/h3-10H,11H2,1-2H3,(H,23,24)(H,25,27). The van der Waals surface area contributed by atoms with Crippen LogP contribution in [0.15, 0.2) is 53.3 Å². The molecule has 0 unspecified atom stereocenters. The number of nitrogens with zero attached hydrogens (tertiary/aromatic N) is 2. The van der Waals surface area contributed by atoms with Crippen molar-refractivity contribution in [1.29, 1.82) is 0 Å². The molecule has 3 rings (SSSR count). The van der Waals surface area contributed by atoms with E-state index in [2.05, 4.69) is 15.6 Å². The molecule has 0 spiro atoms. The maximum absolute atomic E-state index is 13.5. The van der Waals surface area contributed by atoms with Crippen molar-refractivity contribution in [3.63, 3.8) is 0 Å². The minimum absolute atomic E-state index is 0.140. The Morgan fingerprint density at radius 3 is 2.64 bits per heavy atom. The second kappa shape index (κ2) is 8.22. The van der Waals surface area contributed by atoms with Crippen molar-refractivity contribution in [2.75, 3.05) is 10.6 Å². The number of halogens is 2. The number of hydrogen-bond donors (Lipinski definition) is 2. The maximum Gasteiger partial charge on any atom is 0.255 e. The molecule has 2 N–H and O–H groups in total. The molecule has 28 heavy (non-hydrogen) atoms. The monoisotopic (exact) mass is 400 g/mol. The number of aryl methyl sites for hydroxylation is 2. The first kappa shape index (κ1) is 19.6. The minimum atomic E-state index is -0.439. The lowest BCUT2D eigenvalue weighted by molar-refractivity contribution is -0.116. The third-order valence-corrected chi connectivity index (χ3v) is 4.32. The summed E-state index contributed by atoms with van der Waals surface area (Å²) in [6.07, 6.45) is 0. The van der Waals surface area contributed by atoms with E-state index in [4.69, 9.17) is 11.6 Å². The number of anilines is 3. The lowest BCUT2D eigenvalue weighted by atomic mass is 10.2. The number of para-hydroxylation sites is 1. The summed E-state index contributed by atoms with van der Waals surface area (Å²) in [4.78, 5) is 29.3. The van der Waals surface area contributed by atoms with Gasteiger partial charge in [0.1, 0.15) is 12.4 Å². The summed E-state index contributed by atoms with van der Waals surface area (Å²) in [6, 6.07) is 12.3. The van der Waals surface area contributed by atoms with Gasteiger partial charge in [0.05, 0.1) is 10.7 Å². The number of hydrogen-bond acceptors (Lipinski definition) is 4. The Bertz CT molecular complexity index is 1080. The third kappa shape index (κ3) is 4.55. The lowest BCUT2D eigenvalue weighted by Crippen LogP contribution is -2.30. The van der Waals surface area contributed by atoms with Gasteiger partial charge in [-0.05, 0) is 43.7 Å². The van der Waals surface area contributed by atoms with Gasteiger partial charge in [-0.15, -0.1) is 0 Å². The maximum atomic E-state index is 13.5. The predicted molar refractivity (Wildman–Crippen MR) is 108 cm³/mol. The molecule has 8 heteroatoms. The second-order valence-electron chi connectivity index (χ2n) is 6.26. The fourth-order valence-electron chi connectivity index (χ4n) is 2.68. The Balaban J connectivity index is 1.89. The highest BCUT2D eigenvalue weighted by Gasteiger charge is 2.14. The Morgan fingerprint density at radius 1 is 1.18 bits per heavy atom. The molecule has 0 atom stereocenters. The van der Waals surface area contributed by atoms with Crippen LogP contribution in [0.4, 0.5) is 21.7 Å². The molecule has 0 fully saturated rings. The summed E-state index contributed by atoms with van der Waals surface area (Å²) in [5.74, 6) is -0.730. The van der Waals surface area contributed by atoms with Crippen LogP contribution in [0.3, 0.4) is 0 Å². The van der Waals surface area contributed by atoms with Crippen molar-refractivity contribution < 1.29 is 9.18 Å². The third-order valence-electron chi connectivity index (χ3n) is 4.01. The molecule has 2 aromatic carbocycles. The summed E-state index contributed by atoms with van der Waals surface area (Å²) >= 11 is 6.14. The molecule has 6 nitrogen and oxygen atoms in total. The predicted octanol–water partition coefficient (Wildman–Crippen LogP) is 4.03. The second-order valence-corrected chi connectivity index (χ2v) is 6.67. The number of benzene rings is 2. The number of carbonyl (C=O) groups is 1. The van der Waals surface area contributed by atoms with E-state index < -0.39 is 17.3 Å². The average Bonchev–Trinajstić information content (AvgIpc) is 2.61. The van der Waals surface area contributed by atoms with E-state index in [1.54, 1.807) is 25.1 Å². The molecule has 0 aliphatic heterocycles. The molecule has 1 heterocycles. The smallest absolute Gasteiger partial charge is 0.255 e. The zero-order chi connectivity index (χ0) is 20.3. The fourth-order valence-corrected chi connectivity index (χ4v) is 2.95. The molecule has 0 saturated carbocycles. The van der Waals surface area contributed by atoms with Gasteiger partial charge in [-0.3, -0.25) is 14.2 Å². The van der Waals surface area contributed by atoms with Crippen LogP contribution in [-0.4, -0.2) is 15.5 Å². The first-order valence-electron chi connectivity index (χ1n) is 8.49. The van der Waals surface area contributed by atoms with Crippen molar-refractivity contribution in [3.05, 3.63) is 81.0 Å². The highest BCUT2D eigenvalue weighted by atomic mass is 35.5. The van der Waals surface area contributed by atoms with Crippen LogP contribution in [0.25, 0.3) is 0 Å². The molecule has 0 saturated heterocycles. The largest absolute Gasteiger partial charge is 0.325 e. The number of nitrogens with one attached hydrogen (secondary N) is 2. The van der Waals surface area contributed by atoms with Gasteiger partial charge in [-0.25, -0.2) is 9.37 Å². The lowest BCUT2D eigenvalue weighted by Gasteiger charge is -2.15. The molecule has 1 aromatic heterocycles. The van der Waals surface area contributed by atoms with Gasteiger partial charge < -0.3 is 10.6 Å². The average molecular weight is 401 g/mol. The molecule has 0 aliphatic rings. The van der Waals surface area contributed by atoms with Crippen molar-refractivity contribution in [2.45, 2.75) is 20.4 Å². The summed E-state index contributed by atoms with van der Waals surface area (Å²) < 4.78 is 14.6. The highest BCUT2D eigenvalue weighted by molar-refractivity contribution is 6.33. The van der Waals surface area contributed by atoms with Crippen LogP contribution < -0.4 is 16.2 Å². The normalized spacial score (nSPS) is 10.6. The van der Waals surface area contributed by atoms with E-state index >= 15 is 0 Å². The van der Waals surface area contributed by atoms with Crippen LogP contribution in [-0.2, 0) is 11.3 Å². The van der Waals surface area contributed by atoms with E-state index in [1.165, 1.54) is 28.8 Å². The first-order chi connectivity index (χ1) is 13.3. The van der Waals surface area contributed by atoms with Gasteiger partial charge in [0.15, 0.2) is 0 Å².